The third kappa shape index (κ3) is 4.09. The van der Waals surface area contributed by atoms with Gasteiger partial charge in [0, 0.05) is 6.42 Å². The Morgan fingerprint density at radius 1 is 1.37 bits per heavy atom. The Bertz CT molecular complexity index is 550. The summed E-state index contributed by atoms with van der Waals surface area (Å²) in [6.07, 6.45) is 1.73. The number of carboxylic acids is 1. The van der Waals surface area contributed by atoms with Gasteiger partial charge in [-0.25, -0.2) is 9.37 Å². The lowest BCUT2D eigenvalue weighted by Gasteiger charge is -2.02. The molecule has 19 heavy (non-hydrogen) atoms. The highest BCUT2D eigenvalue weighted by molar-refractivity contribution is 5.66. The van der Waals surface area contributed by atoms with Gasteiger partial charge in [-0.1, -0.05) is 0 Å². The second-order valence-corrected chi connectivity index (χ2v) is 3.87. The molecule has 100 valence electrons. The molecule has 2 aromatic rings. The molecule has 0 fully saturated rings. The molecule has 0 bridgehead atoms. The van der Waals surface area contributed by atoms with Crippen LogP contribution in [-0.4, -0.2) is 16.1 Å². The maximum Gasteiger partial charge on any atom is 0.303 e. The van der Waals surface area contributed by atoms with Gasteiger partial charge in [-0.15, -0.1) is 0 Å². The van der Waals surface area contributed by atoms with Gasteiger partial charge in [-0.05, 0) is 24.3 Å². The lowest BCUT2D eigenvalue weighted by molar-refractivity contribution is -0.136. The Morgan fingerprint density at radius 2 is 2.11 bits per heavy atom. The molecule has 1 aromatic heterocycles. The largest absolute Gasteiger partial charge is 0.484 e. The van der Waals surface area contributed by atoms with Crippen LogP contribution in [0.3, 0.4) is 0 Å². The number of rotatable bonds is 6. The molecule has 6 heteroatoms. The first kappa shape index (κ1) is 13.1. The SMILES string of the molecule is O=C(O)CCc1coc(COc2ccc(F)cc2)n1. The second kappa shape index (κ2) is 5.99. The molecule has 0 unspecified atom stereocenters. The predicted molar refractivity (Wildman–Crippen MR) is 63.2 cm³/mol. The summed E-state index contributed by atoms with van der Waals surface area (Å²) in [4.78, 5) is 14.5. The molecule has 5 nitrogen and oxygen atoms in total. The summed E-state index contributed by atoms with van der Waals surface area (Å²) < 4.78 is 23.2. The third-order valence-corrected chi connectivity index (χ3v) is 2.37. The zero-order chi connectivity index (χ0) is 13.7. The topological polar surface area (TPSA) is 72.6 Å². The van der Waals surface area contributed by atoms with E-state index in [0.717, 1.165) is 0 Å². The number of ether oxygens (including phenoxy) is 1. The fourth-order valence-corrected chi connectivity index (χ4v) is 1.44. The number of aromatic nitrogens is 1. The molecule has 1 aromatic carbocycles. The van der Waals surface area contributed by atoms with Gasteiger partial charge in [0.15, 0.2) is 6.61 Å². The van der Waals surface area contributed by atoms with E-state index in [1.165, 1.54) is 30.5 Å². The number of aryl methyl sites for hydroxylation is 1. The van der Waals surface area contributed by atoms with E-state index >= 15 is 0 Å². The molecular formula is C13H12FNO4. The normalized spacial score (nSPS) is 10.4. The molecule has 2 rings (SSSR count). The Kier molecular flexibility index (Phi) is 4.12. The molecule has 0 amide bonds. The molecule has 0 spiro atoms. The Morgan fingerprint density at radius 3 is 2.79 bits per heavy atom. The number of hydrogen-bond donors (Lipinski definition) is 1. The van der Waals surface area contributed by atoms with E-state index in [1.807, 2.05) is 0 Å². The fourth-order valence-electron chi connectivity index (χ4n) is 1.44. The van der Waals surface area contributed by atoms with Gasteiger partial charge in [0.1, 0.15) is 17.8 Å². The van der Waals surface area contributed by atoms with Crippen molar-refractivity contribution in [3.63, 3.8) is 0 Å². The van der Waals surface area contributed by atoms with Gasteiger partial charge in [0.2, 0.25) is 5.89 Å². The molecule has 0 atom stereocenters. The Balaban J connectivity index is 1.86. The first-order valence-corrected chi connectivity index (χ1v) is 5.67. The van der Waals surface area contributed by atoms with Crippen LogP contribution in [0.4, 0.5) is 4.39 Å². The van der Waals surface area contributed by atoms with Crippen LogP contribution in [0.15, 0.2) is 34.9 Å². The molecule has 0 aliphatic rings. The minimum Gasteiger partial charge on any atom is -0.484 e. The van der Waals surface area contributed by atoms with Crippen LogP contribution < -0.4 is 4.74 Å². The summed E-state index contributed by atoms with van der Waals surface area (Å²) in [5, 5.41) is 8.54. The van der Waals surface area contributed by atoms with Crippen LogP contribution >= 0.6 is 0 Å². The Hall–Kier alpha value is -2.37. The van der Waals surface area contributed by atoms with Crippen molar-refractivity contribution in [2.45, 2.75) is 19.4 Å². The van der Waals surface area contributed by atoms with Gasteiger partial charge in [-0.3, -0.25) is 4.79 Å². The van der Waals surface area contributed by atoms with Crippen LogP contribution in [0.25, 0.3) is 0 Å². The number of carbonyl (C=O) groups is 1. The highest BCUT2D eigenvalue weighted by Crippen LogP contribution is 2.13. The first-order valence-electron chi connectivity index (χ1n) is 5.67. The summed E-state index contributed by atoms with van der Waals surface area (Å²) in [5.74, 6) is -0.358. The predicted octanol–water partition coefficient (Wildman–Crippen LogP) is 2.41. The second-order valence-electron chi connectivity index (χ2n) is 3.87. The maximum atomic E-state index is 12.7. The molecular weight excluding hydrogens is 253 g/mol. The molecule has 0 radical (unpaired) electrons. The van der Waals surface area contributed by atoms with Crippen molar-refractivity contribution in [3.8, 4) is 5.75 Å². The Labute approximate surface area is 108 Å². The molecule has 1 N–H and O–H groups in total. The number of carboxylic acid groups (broad SMARTS) is 1. The van der Waals surface area contributed by atoms with Crippen molar-refractivity contribution in [1.82, 2.24) is 4.98 Å². The molecule has 1 heterocycles. The number of nitrogens with zero attached hydrogens (tertiary/aromatic N) is 1. The van der Waals surface area contributed by atoms with E-state index in [-0.39, 0.29) is 18.8 Å². The standard InChI is InChI=1S/C13H12FNO4/c14-9-1-4-11(5-2-9)18-8-12-15-10(7-19-12)3-6-13(16)17/h1-2,4-5,7H,3,6,8H2,(H,16,17). The third-order valence-electron chi connectivity index (χ3n) is 2.37. The van der Waals surface area contributed by atoms with Crippen molar-refractivity contribution in [2.75, 3.05) is 0 Å². The number of oxazole rings is 1. The van der Waals surface area contributed by atoms with E-state index in [9.17, 15) is 9.18 Å². The summed E-state index contributed by atoms with van der Waals surface area (Å²) in [7, 11) is 0. The smallest absolute Gasteiger partial charge is 0.303 e. The van der Waals surface area contributed by atoms with Gasteiger partial charge in [-0.2, -0.15) is 0 Å². The van der Waals surface area contributed by atoms with E-state index < -0.39 is 5.97 Å². The van der Waals surface area contributed by atoms with Crippen LogP contribution in [0.5, 0.6) is 5.75 Å². The van der Waals surface area contributed by atoms with Crippen molar-refractivity contribution < 1.29 is 23.4 Å². The number of hydrogen-bond acceptors (Lipinski definition) is 4. The van der Waals surface area contributed by atoms with Crippen LogP contribution in [-0.2, 0) is 17.8 Å². The van der Waals surface area contributed by atoms with E-state index in [2.05, 4.69) is 4.98 Å². The lowest BCUT2D eigenvalue weighted by atomic mass is 10.2. The van der Waals surface area contributed by atoms with Crippen LogP contribution in [0.1, 0.15) is 18.0 Å². The molecule has 0 aliphatic heterocycles. The van der Waals surface area contributed by atoms with Crippen molar-refractivity contribution in [3.05, 3.63) is 47.9 Å². The summed E-state index contributed by atoms with van der Waals surface area (Å²) in [6.45, 7) is 0.110. The van der Waals surface area contributed by atoms with E-state index in [0.29, 0.717) is 23.8 Å². The monoisotopic (exact) mass is 265 g/mol. The van der Waals surface area contributed by atoms with E-state index in [1.54, 1.807) is 0 Å². The first-order chi connectivity index (χ1) is 9.13. The fraction of sp³-hybridized carbons (Fsp3) is 0.231. The average Bonchev–Trinajstić information content (AvgIpc) is 2.84. The van der Waals surface area contributed by atoms with Gasteiger partial charge < -0.3 is 14.3 Å². The van der Waals surface area contributed by atoms with Crippen LogP contribution in [0, 0.1) is 5.82 Å². The molecule has 0 saturated carbocycles. The number of halogens is 1. The molecule has 0 aliphatic carbocycles. The minimum absolute atomic E-state index is 0.00475. The highest BCUT2D eigenvalue weighted by Gasteiger charge is 2.07. The highest BCUT2D eigenvalue weighted by atomic mass is 19.1. The van der Waals surface area contributed by atoms with Crippen LogP contribution in [0.2, 0.25) is 0 Å². The number of aliphatic carboxylic acids is 1. The summed E-state index contributed by atoms with van der Waals surface area (Å²) in [6, 6.07) is 5.60. The van der Waals surface area contributed by atoms with Crippen molar-refractivity contribution in [1.29, 1.82) is 0 Å². The zero-order valence-electron chi connectivity index (χ0n) is 10.0. The minimum atomic E-state index is -0.882. The van der Waals surface area contributed by atoms with Gasteiger partial charge >= 0.3 is 5.97 Å². The number of benzene rings is 1. The lowest BCUT2D eigenvalue weighted by Crippen LogP contribution is -1.99. The quantitative estimate of drug-likeness (QED) is 0.868. The van der Waals surface area contributed by atoms with Gasteiger partial charge in [0.05, 0.1) is 12.1 Å². The average molecular weight is 265 g/mol. The van der Waals surface area contributed by atoms with Crippen molar-refractivity contribution >= 4 is 5.97 Å². The summed E-state index contributed by atoms with van der Waals surface area (Å²) in [5.41, 5.74) is 0.570. The summed E-state index contributed by atoms with van der Waals surface area (Å²) >= 11 is 0. The van der Waals surface area contributed by atoms with E-state index in [4.69, 9.17) is 14.3 Å². The maximum absolute atomic E-state index is 12.7. The zero-order valence-corrected chi connectivity index (χ0v) is 10.0. The molecule has 0 saturated heterocycles. The van der Waals surface area contributed by atoms with Crippen molar-refractivity contribution in [2.24, 2.45) is 0 Å². The van der Waals surface area contributed by atoms with Gasteiger partial charge in [0.25, 0.3) is 0 Å².